The maximum atomic E-state index is 12.1. The molecule has 0 aliphatic carbocycles. The standard InChI is InChI=1S/C10H8ClF3N2O/c1-6-7(2-3-15)8(4-11)16-5-9(6)17-10(12,13)14/h5H,2,4H2,1H3. The molecule has 0 aromatic carbocycles. The van der Waals surface area contributed by atoms with Gasteiger partial charge in [0.25, 0.3) is 0 Å². The molecule has 0 N–H and O–H groups in total. The Hall–Kier alpha value is -1.48. The van der Waals surface area contributed by atoms with E-state index in [0.29, 0.717) is 11.3 Å². The number of ether oxygens (including phenoxy) is 1. The van der Waals surface area contributed by atoms with E-state index in [9.17, 15) is 13.2 Å². The van der Waals surface area contributed by atoms with Gasteiger partial charge < -0.3 is 4.74 Å². The summed E-state index contributed by atoms with van der Waals surface area (Å²) in [6.07, 6.45) is -3.88. The summed E-state index contributed by atoms with van der Waals surface area (Å²) < 4.78 is 40.0. The van der Waals surface area contributed by atoms with Crippen LogP contribution in [0.4, 0.5) is 13.2 Å². The highest BCUT2D eigenvalue weighted by molar-refractivity contribution is 6.17. The Balaban J connectivity index is 3.19. The van der Waals surface area contributed by atoms with Gasteiger partial charge in [-0.15, -0.1) is 24.8 Å². The minimum absolute atomic E-state index is 0.0319. The van der Waals surface area contributed by atoms with Crippen molar-refractivity contribution in [3.63, 3.8) is 0 Å². The van der Waals surface area contributed by atoms with E-state index in [2.05, 4.69) is 9.72 Å². The number of nitriles is 1. The van der Waals surface area contributed by atoms with Gasteiger partial charge >= 0.3 is 6.36 Å². The molecule has 0 saturated heterocycles. The molecule has 0 atom stereocenters. The Bertz CT molecular complexity index is 454. The van der Waals surface area contributed by atoms with Crippen molar-refractivity contribution in [1.29, 1.82) is 5.26 Å². The molecule has 1 rings (SSSR count). The topological polar surface area (TPSA) is 45.9 Å². The first-order valence-corrected chi connectivity index (χ1v) is 5.08. The Kier molecular flexibility index (Phi) is 4.18. The van der Waals surface area contributed by atoms with Crippen molar-refractivity contribution in [2.45, 2.75) is 25.6 Å². The van der Waals surface area contributed by atoms with E-state index in [0.717, 1.165) is 6.20 Å². The van der Waals surface area contributed by atoms with Crippen LogP contribution in [0.1, 0.15) is 16.8 Å². The molecule has 1 heterocycles. The molecule has 17 heavy (non-hydrogen) atoms. The monoisotopic (exact) mass is 264 g/mol. The van der Waals surface area contributed by atoms with Crippen LogP contribution in [0, 0.1) is 18.3 Å². The van der Waals surface area contributed by atoms with Gasteiger partial charge in [0.1, 0.15) is 0 Å². The van der Waals surface area contributed by atoms with Crippen LogP contribution in [0.25, 0.3) is 0 Å². The third kappa shape index (κ3) is 3.49. The molecule has 0 bridgehead atoms. The van der Waals surface area contributed by atoms with Crippen molar-refractivity contribution in [3.05, 3.63) is 23.0 Å². The van der Waals surface area contributed by atoms with Crippen LogP contribution < -0.4 is 4.74 Å². The fraction of sp³-hybridized carbons (Fsp3) is 0.400. The molecule has 0 amide bonds. The Labute approximate surface area is 101 Å². The highest BCUT2D eigenvalue weighted by atomic mass is 35.5. The lowest BCUT2D eigenvalue weighted by molar-refractivity contribution is -0.275. The molecule has 3 nitrogen and oxygen atoms in total. The van der Waals surface area contributed by atoms with Gasteiger partial charge in [0.15, 0.2) is 5.75 Å². The van der Waals surface area contributed by atoms with Gasteiger partial charge in [-0.05, 0) is 18.1 Å². The first kappa shape index (κ1) is 13.6. The van der Waals surface area contributed by atoms with Gasteiger partial charge in [-0.1, -0.05) is 0 Å². The number of nitrogens with zero attached hydrogens (tertiary/aromatic N) is 2. The molecule has 0 radical (unpaired) electrons. The third-order valence-electron chi connectivity index (χ3n) is 2.12. The smallest absolute Gasteiger partial charge is 0.404 e. The zero-order valence-corrected chi connectivity index (χ0v) is 9.56. The van der Waals surface area contributed by atoms with Gasteiger partial charge in [-0.25, -0.2) is 0 Å². The highest BCUT2D eigenvalue weighted by Gasteiger charge is 2.32. The Morgan fingerprint density at radius 3 is 2.65 bits per heavy atom. The summed E-state index contributed by atoms with van der Waals surface area (Å²) in [7, 11) is 0. The van der Waals surface area contributed by atoms with Crippen molar-refractivity contribution in [1.82, 2.24) is 4.98 Å². The Morgan fingerprint density at radius 1 is 1.53 bits per heavy atom. The number of aromatic nitrogens is 1. The maximum absolute atomic E-state index is 12.1. The second-order valence-corrected chi connectivity index (χ2v) is 3.46. The molecule has 0 unspecified atom stereocenters. The van der Waals surface area contributed by atoms with E-state index in [4.69, 9.17) is 16.9 Å². The number of rotatable bonds is 3. The van der Waals surface area contributed by atoms with Gasteiger partial charge in [0.2, 0.25) is 0 Å². The predicted molar refractivity (Wildman–Crippen MR) is 54.5 cm³/mol. The second-order valence-electron chi connectivity index (χ2n) is 3.19. The summed E-state index contributed by atoms with van der Waals surface area (Å²) in [6, 6.07) is 1.85. The van der Waals surface area contributed by atoms with Crippen molar-refractivity contribution < 1.29 is 17.9 Å². The number of alkyl halides is 4. The molecule has 0 spiro atoms. The molecule has 0 fully saturated rings. The fourth-order valence-electron chi connectivity index (χ4n) is 1.33. The summed E-state index contributed by atoms with van der Waals surface area (Å²) in [5.74, 6) is -0.374. The van der Waals surface area contributed by atoms with E-state index >= 15 is 0 Å². The summed E-state index contributed by atoms with van der Waals surface area (Å²) in [5, 5.41) is 8.60. The quantitative estimate of drug-likeness (QED) is 0.788. The number of pyridine rings is 1. The molecule has 92 valence electrons. The lowest BCUT2D eigenvalue weighted by Crippen LogP contribution is -2.18. The van der Waals surface area contributed by atoms with Crippen LogP contribution in [0.15, 0.2) is 6.20 Å². The first-order valence-electron chi connectivity index (χ1n) is 4.55. The van der Waals surface area contributed by atoms with Crippen LogP contribution in [-0.2, 0) is 12.3 Å². The van der Waals surface area contributed by atoms with Crippen LogP contribution in [-0.4, -0.2) is 11.3 Å². The lowest BCUT2D eigenvalue weighted by atomic mass is 10.0. The SMILES string of the molecule is Cc1c(OC(F)(F)F)cnc(CCl)c1CC#N. The van der Waals surface area contributed by atoms with Crippen LogP contribution in [0.3, 0.4) is 0 Å². The summed E-state index contributed by atoms with van der Waals surface area (Å²) in [5.41, 5.74) is 0.999. The lowest BCUT2D eigenvalue weighted by Gasteiger charge is -2.14. The zero-order chi connectivity index (χ0) is 13.1. The fourth-order valence-corrected chi connectivity index (χ4v) is 1.56. The van der Waals surface area contributed by atoms with Gasteiger partial charge in [0, 0.05) is 0 Å². The summed E-state index contributed by atoms with van der Waals surface area (Å²) in [4.78, 5) is 3.75. The third-order valence-corrected chi connectivity index (χ3v) is 2.37. The van der Waals surface area contributed by atoms with E-state index in [1.54, 1.807) is 0 Å². The molecule has 7 heteroatoms. The van der Waals surface area contributed by atoms with E-state index in [-0.39, 0.29) is 17.9 Å². The molecule has 0 aliphatic heterocycles. The highest BCUT2D eigenvalue weighted by Crippen LogP contribution is 2.29. The predicted octanol–water partition coefficient (Wildman–Crippen LogP) is 3.09. The number of hydrogen-bond acceptors (Lipinski definition) is 3. The van der Waals surface area contributed by atoms with E-state index < -0.39 is 12.1 Å². The van der Waals surface area contributed by atoms with Crippen LogP contribution >= 0.6 is 11.6 Å². The normalized spacial score (nSPS) is 11.1. The van der Waals surface area contributed by atoms with Crippen LogP contribution in [0.2, 0.25) is 0 Å². The van der Waals surface area contributed by atoms with Gasteiger partial charge in [-0.2, -0.15) is 5.26 Å². The van der Waals surface area contributed by atoms with Crippen LogP contribution in [0.5, 0.6) is 5.75 Å². The van der Waals surface area contributed by atoms with Crippen molar-refractivity contribution in [2.24, 2.45) is 0 Å². The molecular weight excluding hydrogens is 257 g/mol. The average Bonchev–Trinajstić information content (AvgIpc) is 2.23. The summed E-state index contributed by atoms with van der Waals surface area (Å²) >= 11 is 5.59. The molecule has 0 saturated carbocycles. The van der Waals surface area contributed by atoms with Crippen molar-refractivity contribution >= 4 is 11.6 Å². The van der Waals surface area contributed by atoms with Gasteiger partial charge in [0.05, 0.1) is 30.3 Å². The second kappa shape index (κ2) is 5.23. The first-order chi connectivity index (χ1) is 7.89. The van der Waals surface area contributed by atoms with Crippen molar-refractivity contribution in [2.75, 3.05) is 0 Å². The average molecular weight is 265 g/mol. The maximum Gasteiger partial charge on any atom is 0.573 e. The number of hydrogen-bond donors (Lipinski definition) is 0. The molecule has 0 aliphatic rings. The summed E-state index contributed by atoms with van der Waals surface area (Å²) in [6.45, 7) is 1.44. The van der Waals surface area contributed by atoms with E-state index in [1.165, 1.54) is 6.92 Å². The minimum Gasteiger partial charge on any atom is -0.404 e. The zero-order valence-electron chi connectivity index (χ0n) is 8.81. The van der Waals surface area contributed by atoms with Gasteiger partial charge in [-0.3, -0.25) is 4.98 Å². The molecular formula is C10H8ClF3N2O. The molecule has 1 aromatic heterocycles. The number of halogens is 4. The van der Waals surface area contributed by atoms with Crippen molar-refractivity contribution in [3.8, 4) is 11.8 Å². The van der Waals surface area contributed by atoms with E-state index in [1.807, 2.05) is 6.07 Å². The largest absolute Gasteiger partial charge is 0.573 e. The minimum atomic E-state index is -4.78. The molecule has 1 aromatic rings. The Morgan fingerprint density at radius 2 is 2.18 bits per heavy atom.